The fourth-order valence-corrected chi connectivity index (χ4v) is 4.52. The van der Waals surface area contributed by atoms with Gasteiger partial charge in [-0.05, 0) is 59.0 Å². The summed E-state index contributed by atoms with van der Waals surface area (Å²) in [5.41, 5.74) is 10.8. The maximum Gasteiger partial charge on any atom is 0.283 e. The highest BCUT2D eigenvalue weighted by molar-refractivity contribution is 5.78. The molecule has 2 N–H and O–H groups in total. The first kappa shape index (κ1) is 19.0. The molecule has 3 aliphatic heterocycles. The molecule has 4 heterocycles. The number of rotatable bonds is 2. The van der Waals surface area contributed by atoms with Crippen LogP contribution in [0.5, 0.6) is 11.6 Å². The van der Waals surface area contributed by atoms with Crippen LogP contribution in [-0.2, 0) is 15.0 Å². The minimum atomic E-state index is -0.863. The molecule has 1 spiro atoms. The molecule has 1 aromatic heterocycles. The van der Waals surface area contributed by atoms with Crippen LogP contribution < -0.4 is 10.5 Å². The van der Waals surface area contributed by atoms with E-state index in [1.54, 1.807) is 12.1 Å². The SMILES string of the molecule is NC1=N[C@]2(CO1)c1cc(-c3ccc(F)cc3)ccc1Oc1ncc(C3=CCOCC3)cc12. The van der Waals surface area contributed by atoms with E-state index in [0.29, 0.717) is 24.8 Å². The number of nitrogens with two attached hydrogens (primary N) is 1. The molecule has 160 valence electrons. The van der Waals surface area contributed by atoms with E-state index < -0.39 is 5.54 Å². The van der Waals surface area contributed by atoms with Crippen molar-refractivity contribution in [1.29, 1.82) is 0 Å². The summed E-state index contributed by atoms with van der Waals surface area (Å²) in [7, 11) is 0. The van der Waals surface area contributed by atoms with Crippen molar-refractivity contribution in [2.45, 2.75) is 12.0 Å². The Hall–Kier alpha value is -3.71. The first-order valence-corrected chi connectivity index (χ1v) is 10.5. The fourth-order valence-electron chi connectivity index (χ4n) is 4.52. The number of hydrogen-bond donors (Lipinski definition) is 1. The van der Waals surface area contributed by atoms with Gasteiger partial charge in [-0.15, -0.1) is 0 Å². The minimum Gasteiger partial charge on any atom is -0.462 e. The monoisotopic (exact) mass is 429 g/mol. The van der Waals surface area contributed by atoms with Crippen molar-refractivity contribution in [3.05, 3.63) is 83.3 Å². The number of nitrogens with zero attached hydrogens (tertiary/aromatic N) is 2. The van der Waals surface area contributed by atoms with Crippen molar-refractivity contribution in [2.24, 2.45) is 10.7 Å². The minimum absolute atomic E-state index is 0.131. The largest absolute Gasteiger partial charge is 0.462 e. The Kier molecular flexibility index (Phi) is 4.26. The van der Waals surface area contributed by atoms with Crippen LogP contribution in [0.3, 0.4) is 0 Å². The third-order valence-corrected chi connectivity index (χ3v) is 6.17. The highest BCUT2D eigenvalue weighted by Crippen LogP contribution is 2.51. The molecule has 6 rings (SSSR count). The molecule has 0 saturated carbocycles. The Morgan fingerprint density at radius 1 is 0.969 bits per heavy atom. The van der Waals surface area contributed by atoms with E-state index in [0.717, 1.165) is 34.2 Å². The number of ether oxygens (including phenoxy) is 3. The summed E-state index contributed by atoms with van der Waals surface area (Å²) in [5, 5.41) is 0. The maximum absolute atomic E-state index is 13.4. The third kappa shape index (κ3) is 2.97. The summed E-state index contributed by atoms with van der Waals surface area (Å²) in [6, 6.07) is 14.4. The summed E-state index contributed by atoms with van der Waals surface area (Å²) in [6.07, 6.45) is 4.72. The average molecular weight is 429 g/mol. The van der Waals surface area contributed by atoms with Crippen molar-refractivity contribution in [1.82, 2.24) is 4.98 Å². The molecule has 2 aromatic carbocycles. The number of hydrogen-bond acceptors (Lipinski definition) is 6. The van der Waals surface area contributed by atoms with Crippen LogP contribution in [0.15, 0.2) is 65.8 Å². The fraction of sp³-hybridized carbons (Fsp3) is 0.200. The van der Waals surface area contributed by atoms with Gasteiger partial charge in [0.2, 0.25) is 5.88 Å². The van der Waals surface area contributed by atoms with Crippen LogP contribution in [0.4, 0.5) is 4.39 Å². The molecular formula is C25H20FN3O3. The number of amidine groups is 1. The average Bonchev–Trinajstić information content (AvgIpc) is 3.22. The quantitative estimate of drug-likeness (QED) is 0.654. The first-order valence-electron chi connectivity index (χ1n) is 10.5. The summed E-state index contributed by atoms with van der Waals surface area (Å²) in [6.45, 7) is 1.52. The van der Waals surface area contributed by atoms with Crippen LogP contribution in [0.1, 0.15) is 23.1 Å². The Bertz CT molecular complexity index is 1290. The van der Waals surface area contributed by atoms with E-state index in [4.69, 9.17) is 24.9 Å². The number of fused-ring (bicyclic) bond motifs is 4. The van der Waals surface area contributed by atoms with Gasteiger partial charge in [-0.25, -0.2) is 14.4 Å². The second-order valence-electron chi connectivity index (χ2n) is 8.05. The van der Waals surface area contributed by atoms with E-state index in [-0.39, 0.29) is 18.4 Å². The lowest BCUT2D eigenvalue weighted by Gasteiger charge is -2.33. The third-order valence-electron chi connectivity index (χ3n) is 6.17. The van der Waals surface area contributed by atoms with Gasteiger partial charge in [0.25, 0.3) is 6.02 Å². The predicted octanol–water partition coefficient (Wildman–Crippen LogP) is 4.39. The zero-order valence-electron chi connectivity index (χ0n) is 17.2. The van der Waals surface area contributed by atoms with Gasteiger partial charge < -0.3 is 19.9 Å². The summed E-state index contributed by atoms with van der Waals surface area (Å²) in [4.78, 5) is 9.36. The van der Waals surface area contributed by atoms with Crippen molar-refractivity contribution in [3.8, 4) is 22.8 Å². The number of aliphatic imine (C=N–C) groups is 1. The molecule has 0 bridgehead atoms. The summed E-state index contributed by atoms with van der Waals surface area (Å²) < 4.78 is 30.7. The van der Waals surface area contributed by atoms with E-state index >= 15 is 0 Å². The van der Waals surface area contributed by atoms with E-state index in [1.165, 1.54) is 17.7 Å². The van der Waals surface area contributed by atoms with Gasteiger partial charge in [0, 0.05) is 11.8 Å². The van der Waals surface area contributed by atoms with Crippen molar-refractivity contribution >= 4 is 11.6 Å². The lowest BCUT2D eigenvalue weighted by atomic mass is 9.80. The standard InChI is InChI=1S/C25H20FN3O3/c26-19-4-1-15(2-5-19)17-3-6-22-20(11-17)25(14-31-24(27)29-25)21-12-18(13-28-23(21)32-22)16-7-9-30-10-8-16/h1-7,11-13H,8-10,14H2,(H2,27,29)/t25-/m1/s1. The molecule has 0 radical (unpaired) electrons. The predicted molar refractivity (Wildman–Crippen MR) is 118 cm³/mol. The molecule has 0 unspecified atom stereocenters. The van der Waals surface area contributed by atoms with Crippen LogP contribution in [0.2, 0.25) is 0 Å². The van der Waals surface area contributed by atoms with E-state index in [9.17, 15) is 4.39 Å². The van der Waals surface area contributed by atoms with Crippen LogP contribution in [0, 0.1) is 5.82 Å². The Morgan fingerprint density at radius 3 is 2.53 bits per heavy atom. The van der Waals surface area contributed by atoms with Crippen molar-refractivity contribution in [3.63, 3.8) is 0 Å². The molecule has 0 amide bonds. The van der Waals surface area contributed by atoms with Crippen LogP contribution in [-0.4, -0.2) is 30.8 Å². The van der Waals surface area contributed by atoms with Gasteiger partial charge in [0.15, 0.2) is 5.54 Å². The lowest BCUT2D eigenvalue weighted by molar-refractivity contribution is 0.161. The number of pyridine rings is 1. The molecule has 0 aliphatic carbocycles. The first-order chi connectivity index (χ1) is 15.6. The van der Waals surface area contributed by atoms with Gasteiger partial charge in [-0.1, -0.05) is 24.3 Å². The molecular weight excluding hydrogens is 409 g/mol. The summed E-state index contributed by atoms with van der Waals surface area (Å²) >= 11 is 0. The Morgan fingerprint density at radius 2 is 1.78 bits per heavy atom. The van der Waals surface area contributed by atoms with Gasteiger partial charge in [-0.3, -0.25) is 0 Å². The normalized spacial score (nSPS) is 21.2. The Labute approximate surface area is 184 Å². The van der Waals surface area contributed by atoms with Crippen molar-refractivity contribution in [2.75, 3.05) is 19.8 Å². The molecule has 0 fully saturated rings. The van der Waals surface area contributed by atoms with Crippen molar-refractivity contribution < 1.29 is 18.6 Å². The molecule has 7 heteroatoms. The number of halogens is 1. The summed E-state index contributed by atoms with van der Waals surface area (Å²) in [5.74, 6) is 0.865. The smallest absolute Gasteiger partial charge is 0.283 e. The van der Waals surface area contributed by atoms with Gasteiger partial charge in [0.05, 0.1) is 18.8 Å². The van der Waals surface area contributed by atoms with Gasteiger partial charge >= 0.3 is 0 Å². The van der Waals surface area contributed by atoms with E-state index in [2.05, 4.69) is 17.1 Å². The molecule has 3 aliphatic rings. The molecule has 1 atom stereocenters. The Balaban J connectivity index is 1.52. The molecule has 3 aromatic rings. The lowest BCUT2D eigenvalue weighted by Crippen LogP contribution is -2.31. The zero-order chi connectivity index (χ0) is 21.7. The van der Waals surface area contributed by atoms with E-state index in [1.807, 2.05) is 24.4 Å². The highest BCUT2D eigenvalue weighted by atomic mass is 19.1. The number of aromatic nitrogens is 1. The van der Waals surface area contributed by atoms with Crippen LogP contribution in [0.25, 0.3) is 16.7 Å². The molecule has 6 nitrogen and oxygen atoms in total. The van der Waals surface area contributed by atoms with Crippen LogP contribution >= 0.6 is 0 Å². The highest BCUT2D eigenvalue weighted by Gasteiger charge is 2.48. The zero-order valence-corrected chi connectivity index (χ0v) is 17.2. The molecule has 0 saturated heterocycles. The second kappa shape index (κ2) is 7.17. The second-order valence-corrected chi connectivity index (χ2v) is 8.05. The number of benzene rings is 2. The molecule has 32 heavy (non-hydrogen) atoms. The maximum atomic E-state index is 13.4. The van der Waals surface area contributed by atoms with Gasteiger partial charge in [-0.2, -0.15) is 0 Å². The van der Waals surface area contributed by atoms with Gasteiger partial charge in [0.1, 0.15) is 18.2 Å². The topological polar surface area (TPSA) is 79.0 Å².